The van der Waals surface area contributed by atoms with Gasteiger partial charge in [0.25, 0.3) is 5.89 Å². The van der Waals surface area contributed by atoms with Crippen LogP contribution < -0.4 is 4.90 Å². The van der Waals surface area contributed by atoms with Gasteiger partial charge in [0.2, 0.25) is 0 Å². The van der Waals surface area contributed by atoms with Crippen molar-refractivity contribution in [2.45, 2.75) is 38.2 Å². The van der Waals surface area contributed by atoms with Crippen LogP contribution >= 0.6 is 0 Å². The molecule has 1 saturated carbocycles. The molecule has 0 radical (unpaired) electrons. The first-order valence-electron chi connectivity index (χ1n) is 9.98. The summed E-state index contributed by atoms with van der Waals surface area (Å²) in [6, 6.07) is 5.60. The van der Waals surface area contributed by atoms with E-state index in [0.717, 1.165) is 28.2 Å². The van der Waals surface area contributed by atoms with Crippen molar-refractivity contribution in [1.29, 1.82) is 0 Å². The zero-order valence-electron chi connectivity index (χ0n) is 16.2. The van der Waals surface area contributed by atoms with E-state index in [0.29, 0.717) is 25.8 Å². The minimum absolute atomic E-state index is 0.0674. The molecule has 0 spiro atoms. The molecule has 5 heterocycles. The molecule has 4 aromatic rings. The van der Waals surface area contributed by atoms with Gasteiger partial charge in [0.05, 0.1) is 23.2 Å². The number of fused-ring (bicyclic) bond motifs is 2. The van der Waals surface area contributed by atoms with Crippen molar-refractivity contribution in [2.24, 2.45) is 5.92 Å². The number of halogens is 2. The molecular weight excluding hydrogens is 392 g/mol. The molecule has 6 rings (SSSR count). The first kappa shape index (κ1) is 17.5. The molecule has 2 aliphatic rings. The summed E-state index contributed by atoms with van der Waals surface area (Å²) in [7, 11) is 0. The molecule has 1 fully saturated rings. The number of imidazole rings is 1. The molecule has 1 atom stereocenters. The molecule has 1 aliphatic heterocycles. The van der Waals surface area contributed by atoms with E-state index in [4.69, 9.17) is 9.52 Å². The van der Waals surface area contributed by atoms with E-state index >= 15 is 0 Å². The summed E-state index contributed by atoms with van der Waals surface area (Å²) in [4.78, 5) is 9.48. The summed E-state index contributed by atoms with van der Waals surface area (Å²) in [6.45, 7) is 2.53. The second kappa shape index (κ2) is 6.10. The van der Waals surface area contributed by atoms with Gasteiger partial charge in [-0.15, -0.1) is 5.10 Å². The Bertz CT molecular complexity index is 1240. The van der Waals surface area contributed by atoms with Crippen LogP contribution in [0.5, 0.6) is 0 Å². The van der Waals surface area contributed by atoms with E-state index in [1.807, 2.05) is 40.7 Å². The number of aromatic amines is 1. The minimum atomic E-state index is -3.09. The van der Waals surface area contributed by atoms with Crippen LogP contribution in [0.1, 0.15) is 47.4 Å². The predicted octanol–water partition coefficient (Wildman–Crippen LogP) is 3.40. The lowest BCUT2D eigenvalue weighted by molar-refractivity contribution is -0.0535. The summed E-state index contributed by atoms with van der Waals surface area (Å²) >= 11 is 0. The lowest BCUT2D eigenvalue weighted by Crippen LogP contribution is -2.37. The van der Waals surface area contributed by atoms with Crippen molar-refractivity contribution in [2.75, 3.05) is 11.4 Å². The Morgan fingerprint density at radius 1 is 1.27 bits per heavy atom. The number of anilines is 1. The number of hydrogen-bond donors (Lipinski definition) is 1. The van der Waals surface area contributed by atoms with Crippen molar-refractivity contribution >= 4 is 11.5 Å². The maximum absolute atomic E-state index is 14.5. The Hall–Kier alpha value is -3.30. The Labute approximate surface area is 169 Å². The van der Waals surface area contributed by atoms with Crippen LogP contribution in [-0.4, -0.2) is 36.3 Å². The third kappa shape index (κ3) is 2.55. The van der Waals surface area contributed by atoms with Crippen molar-refractivity contribution in [3.05, 3.63) is 59.3 Å². The van der Waals surface area contributed by atoms with Crippen molar-refractivity contribution in [3.8, 4) is 0 Å². The molecule has 0 saturated heterocycles. The summed E-state index contributed by atoms with van der Waals surface area (Å²) in [5.41, 5.74) is 4.58. The lowest BCUT2D eigenvalue weighted by Gasteiger charge is -2.32. The van der Waals surface area contributed by atoms with Gasteiger partial charge in [-0.05, 0) is 37.5 Å². The van der Waals surface area contributed by atoms with Gasteiger partial charge in [-0.25, -0.2) is 9.50 Å². The quantitative estimate of drug-likeness (QED) is 0.554. The number of nitrogens with one attached hydrogen (secondary N) is 1. The fraction of sp³-hybridized carbons (Fsp3) is 0.400. The monoisotopic (exact) mass is 411 g/mol. The van der Waals surface area contributed by atoms with Crippen LogP contribution in [0.2, 0.25) is 0 Å². The molecule has 0 amide bonds. The van der Waals surface area contributed by atoms with Gasteiger partial charge in [0, 0.05) is 30.8 Å². The van der Waals surface area contributed by atoms with Gasteiger partial charge in [0.15, 0.2) is 0 Å². The van der Waals surface area contributed by atoms with Crippen LogP contribution in [0.15, 0.2) is 35.1 Å². The summed E-state index contributed by atoms with van der Waals surface area (Å²) < 4.78 is 36.3. The van der Waals surface area contributed by atoms with Crippen LogP contribution in [0, 0.1) is 12.8 Å². The average molecular weight is 411 g/mol. The molecular formula is C20H19F2N7O. The van der Waals surface area contributed by atoms with E-state index in [1.54, 1.807) is 6.33 Å². The highest BCUT2D eigenvalue weighted by Gasteiger charge is 2.52. The van der Waals surface area contributed by atoms with Gasteiger partial charge in [-0.1, -0.05) is 11.2 Å². The second-order valence-electron chi connectivity index (χ2n) is 7.99. The number of pyridine rings is 1. The predicted molar refractivity (Wildman–Crippen MR) is 102 cm³/mol. The SMILES string of the molecule is Cc1cccn2nc([C@@H]3c4nc[nH]c4CCN3c3nnc(C(F)(F)C4CC4)o3)cc12. The van der Waals surface area contributed by atoms with Gasteiger partial charge in [0.1, 0.15) is 6.04 Å². The van der Waals surface area contributed by atoms with E-state index < -0.39 is 23.8 Å². The third-order valence-corrected chi connectivity index (χ3v) is 5.97. The molecule has 8 nitrogen and oxygen atoms in total. The number of H-pyrrole nitrogens is 1. The molecule has 4 aromatic heterocycles. The third-order valence-electron chi connectivity index (χ3n) is 5.97. The highest BCUT2D eigenvalue weighted by Crippen LogP contribution is 2.49. The smallest absolute Gasteiger partial charge is 0.326 e. The first-order valence-corrected chi connectivity index (χ1v) is 9.98. The van der Waals surface area contributed by atoms with E-state index in [-0.39, 0.29) is 6.01 Å². The number of hydrogen-bond acceptors (Lipinski definition) is 6. The molecule has 0 bridgehead atoms. The van der Waals surface area contributed by atoms with Gasteiger partial charge >= 0.3 is 11.9 Å². The zero-order chi connectivity index (χ0) is 20.5. The molecule has 0 aromatic carbocycles. The molecule has 30 heavy (non-hydrogen) atoms. The van der Waals surface area contributed by atoms with Crippen LogP contribution in [0.25, 0.3) is 5.52 Å². The fourth-order valence-corrected chi connectivity index (χ4v) is 4.18. The molecule has 0 unspecified atom stereocenters. The molecule has 154 valence electrons. The van der Waals surface area contributed by atoms with Gasteiger partial charge in [-0.3, -0.25) is 0 Å². The van der Waals surface area contributed by atoms with Crippen molar-refractivity contribution in [3.63, 3.8) is 0 Å². The van der Waals surface area contributed by atoms with Crippen molar-refractivity contribution in [1.82, 2.24) is 29.8 Å². The Balaban J connectivity index is 1.45. The average Bonchev–Trinajstić information content (AvgIpc) is 3.15. The number of rotatable bonds is 4. The van der Waals surface area contributed by atoms with E-state index in [9.17, 15) is 8.78 Å². The zero-order valence-corrected chi connectivity index (χ0v) is 16.2. The number of alkyl halides is 2. The topological polar surface area (TPSA) is 88.1 Å². The van der Waals surface area contributed by atoms with Gasteiger partial charge in [-0.2, -0.15) is 13.9 Å². The van der Waals surface area contributed by atoms with Crippen LogP contribution in [-0.2, 0) is 12.3 Å². The summed E-state index contributed by atoms with van der Waals surface area (Å²) in [6.07, 6.45) is 5.14. The highest BCUT2D eigenvalue weighted by molar-refractivity contribution is 5.57. The molecule has 10 heteroatoms. The Morgan fingerprint density at radius 2 is 2.13 bits per heavy atom. The summed E-state index contributed by atoms with van der Waals surface area (Å²) in [5, 5.41) is 12.4. The maximum atomic E-state index is 14.5. The van der Waals surface area contributed by atoms with Crippen LogP contribution in [0.4, 0.5) is 14.8 Å². The summed E-state index contributed by atoms with van der Waals surface area (Å²) in [5.74, 6) is -4.41. The van der Waals surface area contributed by atoms with Crippen LogP contribution in [0.3, 0.4) is 0 Å². The number of aryl methyl sites for hydroxylation is 1. The standard InChI is InChI=1S/C20H19F2N7O/c1-11-3-2-7-29-15(11)9-14(27-29)17-16-13(23-10-24-16)6-8-28(17)19-26-25-18(30-19)20(21,22)12-4-5-12/h2-3,7,9-10,12,17H,4-6,8H2,1H3,(H,23,24)/t17-/m1/s1. The fourth-order valence-electron chi connectivity index (χ4n) is 4.18. The normalized spacial score (nSPS) is 19.4. The highest BCUT2D eigenvalue weighted by atomic mass is 19.3. The van der Waals surface area contributed by atoms with E-state index in [2.05, 4.69) is 20.2 Å². The van der Waals surface area contributed by atoms with Crippen molar-refractivity contribution < 1.29 is 13.2 Å². The number of aromatic nitrogens is 6. The minimum Gasteiger partial charge on any atom is -0.401 e. The van der Waals surface area contributed by atoms with E-state index in [1.165, 1.54) is 0 Å². The van der Waals surface area contributed by atoms with Gasteiger partial charge < -0.3 is 14.3 Å². The first-order chi connectivity index (χ1) is 14.5. The second-order valence-corrected chi connectivity index (χ2v) is 7.99. The maximum Gasteiger partial charge on any atom is 0.326 e. The Kier molecular flexibility index (Phi) is 3.57. The molecule has 1 N–H and O–H groups in total. The largest absolute Gasteiger partial charge is 0.401 e. The Morgan fingerprint density at radius 3 is 2.93 bits per heavy atom. The molecule has 1 aliphatic carbocycles. The lowest BCUT2D eigenvalue weighted by atomic mass is 10.00. The number of nitrogens with zero attached hydrogens (tertiary/aromatic N) is 6.